The van der Waals surface area contributed by atoms with Gasteiger partial charge in [0.05, 0.1) is 24.0 Å². The Morgan fingerprint density at radius 2 is 2.05 bits per heavy atom. The van der Waals surface area contributed by atoms with E-state index in [-0.39, 0.29) is 0 Å². The van der Waals surface area contributed by atoms with Crippen molar-refractivity contribution in [1.82, 2.24) is 0 Å². The van der Waals surface area contributed by atoms with Gasteiger partial charge in [0.25, 0.3) is 0 Å². The topological polar surface area (TPSA) is 71.1 Å². The fourth-order valence-electron chi connectivity index (χ4n) is 1.66. The maximum atomic E-state index is 9.05. The molecule has 2 aromatic carbocycles. The molecule has 0 fully saturated rings. The Bertz CT molecular complexity index is 650. The van der Waals surface area contributed by atoms with Crippen LogP contribution in [0.3, 0.4) is 0 Å². The smallest absolute Gasteiger partial charge is 0.143 e. The predicted octanol–water partition coefficient (Wildman–Crippen LogP) is 3.55. The van der Waals surface area contributed by atoms with Gasteiger partial charge < -0.3 is 15.8 Å². The van der Waals surface area contributed by atoms with Gasteiger partial charge >= 0.3 is 0 Å². The van der Waals surface area contributed by atoms with Gasteiger partial charge in [-0.3, -0.25) is 0 Å². The summed E-state index contributed by atoms with van der Waals surface area (Å²) in [6.07, 6.45) is 0. The Balaban J connectivity index is 2.36. The van der Waals surface area contributed by atoms with Crippen LogP contribution in [-0.2, 0) is 0 Å². The minimum Gasteiger partial charge on any atom is -0.495 e. The van der Waals surface area contributed by atoms with E-state index in [1.807, 2.05) is 0 Å². The Labute approximate surface area is 116 Å². The number of nitrogens with zero attached hydrogens (tertiary/aromatic N) is 1. The monoisotopic (exact) mass is 273 g/mol. The number of nitrogens with one attached hydrogen (secondary N) is 1. The predicted molar refractivity (Wildman–Crippen MR) is 76.9 cm³/mol. The standard InChI is InChI=1S/C14H12ClN3O/c1-19-14-7-11(4-5-12(14)17)18-13-6-10(15)3-2-9(13)8-16/h2-7,18H,17H2,1H3. The Morgan fingerprint density at radius 1 is 1.26 bits per heavy atom. The molecule has 0 atom stereocenters. The summed E-state index contributed by atoms with van der Waals surface area (Å²) in [6, 6.07) is 12.4. The number of hydrogen-bond acceptors (Lipinski definition) is 4. The molecule has 0 bridgehead atoms. The lowest BCUT2D eigenvalue weighted by Crippen LogP contribution is -1.97. The zero-order chi connectivity index (χ0) is 13.8. The molecular formula is C14H12ClN3O. The molecular weight excluding hydrogens is 262 g/mol. The molecule has 0 aliphatic heterocycles. The van der Waals surface area contributed by atoms with Crippen molar-refractivity contribution in [3.63, 3.8) is 0 Å². The summed E-state index contributed by atoms with van der Waals surface area (Å²) in [5.41, 5.74) is 8.23. The summed E-state index contributed by atoms with van der Waals surface area (Å²) < 4.78 is 5.15. The van der Waals surface area contributed by atoms with Gasteiger partial charge in [0.1, 0.15) is 11.8 Å². The molecule has 2 aromatic rings. The van der Waals surface area contributed by atoms with Gasteiger partial charge in [-0.25, -0.2) is 0 Å². The fraction of sp³-hybridized carbons (Fsp3) is 0.0714. The second-order valence-electron chi connectivity index (χ2n) is 3.88. The van der Waals surface area contributed by atoms with Gasteiger partial charge in [-0.1, -0.05) is 11.6 Å². The molecule has 0 aromatic heterocycles. The SMILES string of the molecule is COc1cc(Nc2cc(Cl)ccc2C#N)ccc1N. The van der Waals surface area contributed by atoms with Gasteiger partial charge in [0.15, 0.2) is 0 Å². The molecule has 0 aliphatic rings. The first kappa shape index (κ1) is 13.1. The molecule has 0 saturated carbocycles. The number of nitrogen functional groups attached to an aromatic ring is 1. The van der Waals surface area contributed by atoms with E-state index in [4.69, 9.17) is 27.3 Å². The number of methoxy groups -OCH3 is 1. The first-order chi connectivity index (χ1) is 9.13. The van der Waals surface area contributed by atoms with E-state index < -0.39 is 0 Å². The second-order valence-corrected chi connectivity index (χ2v) is 4.32. The van der Waals surface area contributed by atoms with Crippen molar-refractivity contribution < 1.29 is 4.74 Å². The minimum atomic E-state index is 0.514. The van der Waals surface area contributed by atoms with Crippen molar-refractivity contribution in [1.29, 1.82) is 5.26 Å². The van der Waals surface area contributed by atoms with Crippen molar-refractivity contribution in [2.75, 3.05) is 18.2 Å². The van der Waals surface area contributed by atoms with Crippen LogP contribution in [0.15, 0.2) is 36.4 Å². The van der Waals surface area contributed by atoms with Crippen LogP contribution in [0, 0.1) is 11.3 Å². The zero-order valence-corrected chi connectivity index (χ0v) is 11.0. The van der Waals surface area contributed by atoms with Crippen LogP contribution >= 0.6 is 11.6 Å². The number of ether oxygens (including phenoxy) is 1. The zero-order valence-electron chi connectivity index (χ0n) is 10.3. The number of nitriles is 1. The molecule has 0 unspecified atom stereocenters. The molecule has 0 spiro atoms. The van der Waals surface area contributed by atoms with Crippen molar-refractivity contribution in [3.8, 4) is 11.8 Å². The van der Waals surface area contributed by atoms with E-state index in [1.54, 1.807) is 43.5 Å². The number of halogens is 1. The number of benzene rings is 2. The average Bonchev–Trinajstić information content (AvgIpc) is 2.41. The number of hydrogen-bond donors (Lipinski definition) is 2. The summed E-state index contributed by atoms with van der Waals surface area (Å²) in [4.78, 5) is 0. The first-order valence-electron chi connectivity index (χ1n) is 5.54. The molecule has 0 radical (unpaired) electrons. The molecule has 0 amide bonds. The molecule has 0 saturated heterocycles. The van der Waals surface area contributed by atoms with E-state index in [2.05, 4.69) is 11.4 Å². The van der Waals surface area contributed by atoms with E-state index in [1.165, 1.54) is 0 Å². The highest BCUT2D eigenvalue weighted by Gasteiger charge is 2.05. The van der Waals surface area contributed by atoms with Crippen molar-refractivity contribution in [2.45, 2.75) is 0 Å². The Hall–Kier alpha value is -2.38. The summed E-state index contributed by atoms with van der Waals surface area (Å²) in [7, 11) is 1.55. The van der Waals surface area contributed by atoms with Gasteiger partial charge in [-0.05, 0) is 30.3 Å². The fourth-order valence-corrected chi connectivity index (χ4v) is 1.83. The maximum Gasteiger partial charge on any atom is 0.143 e. The van der Waals surface area contributed by atoms with Gasteiger partial charge in [0, 0.05) is 16.8 Å². The lowest BCUT2D eigenvalue weighted by molar-refractivity contribution is 0.417. The van der Waals surface area contributed by atoms with Crippen molar-refractivity contribution in [3.05, 3.63) is 47.0 Å². The van der Waals surface area contributed by atoms with E-state index in [9.17, 15) is 0 Å². The highest BCUT2D eigenvalue weighted by atomic mass is 35.5. The summed E-state index contributed by atoms with van der Waals surface area (Å²) in [5.74, 6) is 0.575. The van der Waals surface area contributed by atoms with Gasteiger partial charge in [-0.15, -0.1) is 0 Å². The lowest BCUT2D eigenvalue weighted by atomic mass is 10.2. The molecule has 0 aliphatic carbocycles. The first-order valence-corrected chi connectivity index (χ1v) is 5.92. The van der Waals surface area contributed by atoms with E-state index in [0.29, 0.717) is 27.7 Å². The van der Waals surface area contributed by atoms with Gasteiger partial charge in [-0.2, -0.15) is 5.26 Å². The number of anilines is 3. The maximum absolute atomic E-state index is 9.05. The lowest BCUT2D eigenvalue weighted by Gasteiger charge is -2.11. The summed E-state index contributed by atoms with van der Waals surface area (Å²) in [6.45, 7) is 0. The molecule has 4 nitrogen and oxygen atoms in total. The van der Waals surface area contributed by atoms with Crippen LogP contribution in [0.2, 0.25) is 5.02 Å². The van der Waals surface area contributed by atoms with Crippen molar-refractivity contribution in [2.24, 2.45) is 0 Å². The second kappa shape index (κ2) is 5.51. The van der Waals surface area contributed by atoms with Crippen LogP contribution < -0.4 is 15.8 Å². The van der Waals surface area contributed by atoms with Crippen molar-refractivity contribution >= 4 is 28.7 Å². The summed E-state index contributed by atoms with van der Waals surface area (Å²) >= 11 is 5.93. The van der Waals surface area contributed by atoms with Crippen LogP contribution in [-0.4, -0.2) is 7.11 Å². The van der Waals surface area contributed by atoms with E-state index in [0.717, 1.165) is 5.69 Å². The van der Waals surface area contributed by atoms with E-state index >= 15 is 0 Å². The third-order valence-electron chi connectivity index (χ3n) is 2.61. The number of nitrogens with two attached hydrogens (primary N) is 1. The Kier molecular flexibility index (Phi) is 3.79. The number of rotatable bonds is 3. The molecule has 2 rings (SSSR count). The normalized spacial score (nSPS) is 9.74. The summed E-state index contributed by atoms with van der Waals surface area (Å²) in [5, 5.41) is 12.7. The average molecular weight is 274 g/mol. The molecule has 3 N–H and O–H groups in total. The Morgan fingerprint density at radius 3 is 2.74 bits per heavy atom. The van der Waals surface area contributed by atoms with Crippen LogP contribution in [0.25, 0.3) is 0 Å². The quantitative estimate of drug-likeness (QED) is 0.839. The van der Waals surface area contributed by atoms with Crippen LogP contribution in [0.4, 0.5) is 17.1 Å². The highest BCUT2D eigenvalue weighted by Crippen LogP contribution is 2.29. The molecule has 0 heterocycles. The molecule has 96 valence electrons. The molecule has 19 heavy (non-hydrogen) atoms. The minimum absolute atomic E-state index is 0.514. The highest BCUT2D eigenvalue weighted by molar-refractivity contribution is 6.30. The molecule has 5 heteroatoms. The van der Waals surface area contributed by atoms with Crippen LogP contribution in [0.5, 0.6) is 5.75 Å². The van der Waals surface area contributed by atoms with Crippen LogP contribution in [0.1, 0.15) is 5.56 Å². The third kappa shape index (κ3) is 2.90. The third-order valence-corrected chi connectivity index (χ3v) is 2.85. The van der Waals surface area contributed by atoms with Gasteiger partial charge in [0.2, 0.25) is 0 Å². The largest absolute Gasteiger partial charge is 0.495 e.